The second-order valence-electron chi connectivity index (χ2n) is 7.80. The molecule has 1 fully saturated rings. The third kappa shape index (κ3) is 3.82. The number of aromatic nitrogens is 1. The van der Waals surface area contributed by atoms with Crippen molar-refractivity contribution >= 4 is 34.4 Å². The molecular weight excluding hydrogens is 404 g/mol. The molecule has 3 aromatic rings. The average molecular weight is 428 g/mol. The SMILES string of the molecule is Cn1c(C2=N/C(=C/N3CCN(C(N)=Nc4ccccc4)CC3)C(=O)O2)cc2ccccc21. The van der Waals surface area contributed by atoms with Crippen molar-refractivity contribution in [3.05, 3.63) is 78.3 Å². The highest BCUT2D eigenvalue weighted by molar-refractivity contribution is 6.12. The van der Waals surface area contributed by atoms with Gasteiger partial charge < -0.3 is 24.8 Å². The van der Waals surface area contributed by atoms with Gasteiger partial charge in [-0.15, -0.1) is 0 Å². The summed E-state index contributed by atoms with van der Waals surface area (Å²) < 4.78 is 7.47. The molecule has 2 aliphatic heterocycles. The van der Waals surface area contributed by atoms with Crippen molar-refractivity contribution in [1.29, 1.82) is 0 Å². The molecule has 8 heteroatoms. The highest BCUT2D eigenvalue weighted by Gasteiger charge is 2.28. The van der Waals surface area contributed by atoms with Gasteiger partial charge in [-0.1, -0.05) is 36.4 Å². The van der Waals surface area contributed by atoms with E-state index in [1.165, 1.54) is 0 Å². The van der Waals surface area contributed by atoms with E-state index in [0.29, 0.717) is 43.7 Å². The fourth-order valence-corrected chi connectivity index (χ4v) is 3.96. The van der Waals surface area contributed by atoms with Gasteiger partial charge >= 0.3 is 5.97 Å². The first-order valence-corrected chi connectivity index (χ1v) is 10.5. The number of piperazine rings is 1. The van der Waals surface area contributed by atoms with Crippen LogP contribution < -0.4 is 5.73 Å². The fourth-order valence-electron chi connectivity index (χ4n) is 3.96. The van der Waals surface area contributed by atoms with Gasteiger partial charge in [0.05, 0.1) is 5.69 Å². The van der Waals surface area contributed by atoms with Crippen LogP contribution in [0.2, 0.25) is 0 Å². The number of hydrogen-bond acceptors (Lipinski definition) is 5. The van der Waals surface area contributed by atoms with Crippen molar-refractivity contribution in [3.8, 4) is 0 Å². The van der Waals surface area contributed by atoms with Gasteiger partial charge in [0.1, 0.15) is 5.69 Å². The molecule has 2 N–H and O–H groups in total. The van der Waals surface area contributed by atoms with E-state index in [2.05, 4.69) is 14.9 Å². The third-order valence-corrected chi connectivity index (χ3v) is 5.73. The molecule has 1 saturated heterocycles. The first-order chi connectivity index (χ1) is 15.6. The highest BCUT2D eigenvalue weighted by atomic mass is 16.6. The molecule has 5 rings (SSSR count). The second kappa shape index (κ2) is 8.22. The summed E-state index contributed by atoms with van der Waals surface area (Å²) in [5.41, 5.74) is 9.16. The maximum Gasteiger partial charge on any atom is 0.365 e. The van der Waals surface area contributed by atoms with Gasteiger partial charge in [-0.05, 0) is 24.3 Å². The minimum absolute atomic E-state index is 0.310. The molecule has 0 radical (unpaired) electrons. The lowest BCUT2D eigenvalue weighted by atomic mass is 10.2. The number of aliphatic imine (C=N–C) groups is 2. The molecule has 0 atom stereocenters. The van der Waals surface area contributed by atoms with Crippen molar-refractivity contribution in [2.24, 2.45) is 22.8 Å². The average Bonchev–Trinajstić information content (AvgIpc) is 3.34. The Balaban J connectivity index is 1.28. The van der Waals surface area contributed by atoms with E-state index in [4.69, 9.17) is 10.5 Å². The minimum atomic E-state index is -0.433. The number of nitrogens with zero attached hydrogens (tertiary/aromatic N) is 5. The number of fused-ring (bicyclic) bond motifs is 1. The summed E-state index contributed by atoms with van der Waals surface area (Å²) in [6, 6.07) is 19.7. The predicted molar refractivity (Wildman–Crippen MR) is 125 cm³/mol. The van der Waals surface area contributed by atoms with Gasteiger partial charge in [0.2, 0.25) is 5.90 Å². The van der Waals surface area contributed by atoms with Crippen LogP contribution in [0.25, 0.3) is 10.9 Å². The molecule has 2 aliphatic rings. The lowest BCUT2D eigenvalue weighted by Gasteiger charge is -2.34. The molecule has 2 aromatic carbocycles. The van der Waals surface area contributed by atoms with Crippen LogP contribution in [0.4, 0.5) is 5.69 Å². The quantitative estimate of drug-likeness (QED) is 0.300. The zero-order valence-electron chi connectivity index (χ0n) is 17.8. The molecule has 0 saturated carbocycles. The number of carbonyl (C=O) groups excluding carboxylic acids is 1. The molecule has 8 nitrogen and oxygen atoms in total. The zero-order chi connectivity index (χ0) is 22.1. The Kier molecular flexibility index (Phi) is 5.10. The Labute approximate surface area is 185 Å². The lowest BCUT2D eigenvalue weighted by molar-refractivity contribution is -0.130. The maximum atomic E-state index is 12.4. The Hall–Kier alpha value is -4.07. The summed E-state index contributed by atoms with van der Waals surface area (Å²) in [6.07, 6.45) is 1.78. The molecule has 162 valence electrons. The second-order valence-corrected chi connectivity index (χ2v) is 7.80. The van der Waals surface area contributed by atoms with Crippen LogP contribution in [0.5, 0.6) is 0 Å². The topological polar surface area (TPSA) is 88.5 Å². The van der Waals surface area contributed by atoms with Gasteiger partial charge in [-0.25, -0.2) is 14.8 Å². The molecule has 0 unspecified atom stereocenters. The predicted octanol–water partition coefficient (Wildman–Crippen LogP) is 2.59. The number of hydrogen-bond donors (Lipinski definition) is 1. The molecular formula is C24H24N6O2. The van der Waals surface area contributed by atoms with Crippen molar-refractivity contribution < 1.29 is 9.53 Å². The standard InChI is InChI=1S/C24H24N6O2/c1-28-20-10-6-5-7-17(20)15-21(28)22-27-19(23(31)32-22)16-29-11-13-30(14-12-29)24(25)26-18-8-3-2-4-9-18/h2-10,15-16H,11-14H2,1H3,(H2,25,26)/b19-16+. The van der Waals surface area contributed by atoms with E-state index in [9.17, 15) is 4.79 Å². The number of ether oxygens (including phenoxy) is 1. The number of aryl methyl sites for hydroxylation is 1. The maximum absolute atomic E-state index is 12.4. The Morgan fingerprint density at radius 2 is 1.78 bits per heavy atom. The fraction of sp³-hybridized carbons (Fsp3) is 0.208. The van der Waals surface area contributed by atoms with Crippen molar-refractivity contribution in [3.63, 3.8) is 0 Å². The molecule has 0 aliphatic carbocycles. The van der Waals surface area contributed by atoms with E-state index in [0.717, 1.165) is 22.3 Å². The van der Waals surface area contributed by atoms with Crippen LogP contribution >= 0.6 is 0 Å². The van der Waals surface area contributed by atoms with Crippen LogP contribution in [0.3, 0.4) is 0 Å². The van der Waals surface area contributed by atoms with Crippen molar-refractivity contribution in [2.75, 3.05) is 26.2 Å². The van der Waals surface area contributed by atoms with E-state index in [1.54, 1.807) is 6.20 Å². The number of rotatable bonds is 3. The van der Waals surface area contributed by atoms with E-state index in [-0.39, 0.29) is 0 Å². The van der Waals surface area contributed by atoms with E-state index in [1.807, 2.05) is 77.2 Å². The van der Waals surface area contributed by atoms with Gasteiger partial charge in [0.25, 0.3) is 0 Å². The lowest BCUT2D eigenvalue weighted by Crippen LogP contribution is -2.49. The van der Waals surface area contributed by atoms with Crippen LogP contribution in [-0.4, -0.2) is 58.4 Å². The molecule has 0 bridgehead atoms. The summed E-state index contributed by atoms with van der Waals surface area (Å²) in [5, 5.41) is 1.08. The van der Waals surface area contributed by atoms with Crippen molar-refractivity contribution in [1.82, 2.24) is 14.4 Å². The summed E-state index contributed by atoms with van der Waals surface area (Å²) in [5.74, 6) is 0.399. The number of guanidine groups is 1. The highest BCUT2D eigenvalue weighted by Crippen LogP contribution is 2.23. The van der Waals surface area contributed by atoms with Crippen LogP contribution in [0.1, 0.15) is 5.69 Å². The Morgan fingerprint density at radius 3 is 2.53 bits per heavy atom. The van der Waals surface area contributed by atoms with Gasteiger partial charge in [-0.2, -0.15) is 0 Å². The summed E-state index contributed by atoms with van der Waals surface area (Å²) in [6.45, 7) is 2.84. The van der Waals surface area contributed by atoms with Crippen LogP contribution in [0.15, 0.2) is 82.5 Å². The van der Waals surface area contributed by atoms with Gasteiger partial charge in [0, 0.05) is 50.3 Å². The normalized spacial score (nSPS) is 18.4. The largest absolute Gasteiger partial charge is 0.400 e. The smallest absolute Gasteiger partial charge is 0.365 e. The third-order valence-electron chi connectivity index (χ3n) is 5.73. The first-order valence-electron chi connectivity index (χ1n) is 10.5. The Bertz CT molecular complexity index is 1250. The number of para-hydroxylation sites is 2. The summed E-state index contributed by atoms with van der Waals surface area (Å²) in [7, 11) is 1.94. The zero-order valence-corrected chi connectivity index (χ0v) is 17.8. The summed E-state index contributed by atoms with van der Waals surface area (Å²) >= 11 is 0. The Morgan fingerprint density at radius 1 is 1.06 bits per heavy atom. The first kappa shape index (κ1) is 19.9. The van der Waals surface area contributed by atoms with Crippen molar-refractivity contribution in [2.45, 2.75) is 0 Å². The van der Waals surface area contributed by atoms with E-state index >= 15 is 0 Å². The molecule has 3 heterocycles. The minimum Gasteiger partial charge on any atom is -0.400 e. The van der Waals surface area contributed by atoms with Gasteiger partial charge in [-0.3, -0.25) is 0 Å². The molecule has 32 heavy (non-hydrogen) atoms. The molecule has 1 aromatic heterocycles. The van der Waals surface area contributed by atoms with Crippen LogP contribution in [0, 0.1) is 0 Å². The van der Waals surface area contributed by atoms with Gasteiger partial charge in [0.15, 0.2) is 11.7 Å². The molecule has 0 spiro atoms. The number of benzene rings is 2. The summed E-state index contributed by atoms with van der Waals surface area (Å²) in [4.78, 5) is 25.5. The van der Waals surface area contributed by atoms with Crippen LogP contribution in [-0.2, 0) is 16.6 Å². The number of esters is 1. The number of carbonyl (C=O) groups is 1. The number of nitrogens with two attached hydrogens (primary N) is 1. The number of cyclic esters (lactones) is 1. The van der Waals surface area contributed by atoms with E-state index < -0.39 is 5.97 Å². The molecule has 0 amide bonds. The monoisotopic (exact) mass is 428 g/mol.